The summed E-state index contributed by atoms with van der Waals surface area (Å²) in [5.74, 6) is -2.26. The Kier molecular flexibility index (Phi) is 7.46. The molecule has 8 nitrogen and oxygen atoms in total. The van der Waals surface area contributed by atoms with Crippen molar-refractivity contribution in [1.29, 1.82) is 0 Å². The van der Waals surface area contributed by atoms with E-state index in [0.717, 1.165) is 29.7 Å². The van der Waals surface area contributed by atoms with Gasteiger partial charge in [-0.1, -0.05) is 69.7 Å². The maximum Gasteiger partial charge on any atom is 0.253 e. The highest BCUT2D eigenvalue weighted by atomic mass is 16.5. The number of fused-ring (bicyclic) bond motifs is 2. The van der Waals surface area contributed by atoms with Gasteiger partial charge in [0.05, 0.1) is 30.6 Å². The first kappa shape index (κ1) is 27.6. The Labute approximate surface area is 231 Å². The van der Waals surface area contributed by atoms with E-state index in [2.05, 4.69) is 0 Å². The smallest absolute Gasteiger partial charge is 0.253 e. The number of benzene rings is 1. The Morgan fingerprint density at radius 2 is 1.77 bits per heavy atom. The highest BCUT2D eigenvalue weighted by molar-refractivity contribution is 6.06. The second kappa shape index (κ2) is 10.5. The van der Waals surface area contributed by atoms with Gasteiger partial charge in [-0.2, -0.15) is 0 Å². The Morgan fingerprint density at radius 3 is 2.41 bits per heavy atom. The fraction of sp³-hybridized carbons (Fsp3) is 0.581. The van der Waals surface area contributed by atoms with Crippen molar-refractivity contribution >= 4 is 23.4 Å². The van der Waals surface area contributed by atoms with E-state index in [1.165, 1.54) is 0 Å². The minimum absolute atomic E-state index is 0.0550. The zero-order valence-electron chi connectivity index (χ0n) is 23.7. The van der Waals surface area contributed by atoms with E-state index in [9.17, 15) is 19.5 Å². The van der Waals surface area contributed by atoms with E-state index in [1.54, 1.807) is 14.7 Å². The molecule has 3 amide bonds. The van der Waals surface area contributed by atoms with E-state index in [-0.39, 0.29) is 30.2 Å². The number of ether oxygens (including phenoxy) is 1. The molecule has 1 N–H and O–H groups in total. The van der Waals surface area contributed by atoms with E-state index in [0.29, 0.717) is 19.6 Å². The third-order valence-corrected chi connectivity index (χ3v) is 9.23. The predicted octanol–water partition coefficient (Wildman–Crippen LogP) is 3.00. The minimum atomic E-state index is -1.30. The number of carbonyl (C=O) groups excluding carboxylic acids is 3. The first-order chi connectivity index (χ1) is 18.7. The van der Waals surface area contributed by atoms with Gasteiger partial charge in [0.15, 0.2) is 0 Å². The summed E-state index contributed by atoms with van der Waals surface area (Å²) in [5, 5.41) is 10.6. The monoisotopic (exact) mass is 535 g/mol. The van der Waals surface area contributed by atoms with Crippen LogP contribution in [0.2, 0.25) is 0 Å². The molecule has 39 heavy (non-hydrogen) atoms. The number of rotatable bonds is 7. The van der Waals surface area contributed by atoms with Gasteiger partial charge in [0.25, 0.3) is 5.91 Å². The lowest BCUT2D eigenvalue weighted by Gasteiger charge is -2.40. The summed E-state index contributed by atoms with van der Waals surface area (Å²) in [6.45, 7) is 11.1. The lowest BCUT2D eigenvalue weighted by Crippen LogP contribution is -2.59. The second-order valence-corrected chi connectivity index (χ2v) is 11.5. The molecule has 4 aliphatic rings. The molecule has 5 rings (SSSR count). The molecule has 1 aromatic rings. The molecule has 2 fully saturated rings. The lowest BCUT2D eigenvalue weighted by molar-refractivity contribution is -0.148. The summed E-state index contributed by atoms with van der Waals surface area (Å²) in [4.78, 5) is 48.2. The molecular formula is C31H41N3O5. The fourth-order valence-electron chi connectivity index (χ4n) is 7.20. The van der Waals surface area contributed by atoms with E-state index in [4.69, 9.17) is 4.74 Å². The van der Waals surface area contributed by atoms with Crippen LogP contribution in [0.5, 0.6) is 0 Å². The SMILES string of the molecule is CCCN1CC=C[C@@H]2O[C@]34C=CCN(c5c(C)cccc5C)C(=O)C3N([C@@H](CO)[C@@H](C)CC)C(=O)[C@@H]4[C@@H]2C1=O. The number of aryl methyl sites for hydroxylation is 2. The molecule has 210 valence electrons. The number of likely N-dealkylation sites (tertiary alicyclic amines) is 1. The van der Waals surface area contributed by atoms with Gasteiger partial charge < -0.3 is 24.5 Å². The summed E-state index contributed by atoms with van der Waals surface area (Å²) in [7, 11) is 0. The van der Waals surface area contributed by atoms with Crippen LogP contribution in [-0.2, 0) is 19.1 Å². The molecule has 1 aromatic carbocycles. The minimum Gasteiger partial charge on any atom is -0.394 e. The van der Waals surface area contributed by atoms with Crippen molar-refractivity contribution in [3.05, 3.63) is 53.6 Å². The molecule has 4 heterocycles. The number of anilines is 1. The van der Waals surface area contributed by atoms with Crippen LogP contribution >= 0.6 is 0 Å². The number of nitrogens with zero attached hydrogens (tertiary/aromatic N) is 3. The Hall–Kier alpha value is -2.97. The van der Waals surface area contributed by atoms with Gasteiger partial charge in [-0.3, -0.25) is 14.4 Å². The predicted molar refractivity (Wildman–Crippen MR) is 149 cm³/mol. The second-order valence-electron chi connectivity index (χ2n) is 11.5. The van der Waals surface area contributed by atoms with E-state index in [1.807, 2.05) is 77.1 Å². The van der Waals surface area contributed by atoms with Gasteiger partial charge in [-0.25, -0.2) is 0 Å². The zero-order valence-corrected chi connectivity index (χ0v) is 23.7. The molecule has 1 spiro atoms. The average Bonchev–Trinajstić information content (AvgIpc) is 3.23. The van der Waals surface area contributed by atoms with E-state index >= 15 is 0 Å². The molecular weight excluding hydrogens is 494 g/mol. The van der Waals surface area contributed by atoms with Crippen molar-refractivity contribution in [2.75, 3.05) is 31.1 Å². The van der Waals surface area contributed by atoms with Crippen LogP contribution in [0.4, 0.5) is 5.69 Å². The van der Waals surface area contributed by atoms with Crippen molar-refractivity contribution in [1.82, 2.24) is 9.80 Å². The van der Waals surface area contributed by atoms with Crippen LogP contribution in [0, 0.1) is 31.6 Å². The lowest BCUT2D eigenvalue weighted by atomic mass is 9.77. The van der Waals surface area contributed by atoms with Crippen molar-refractivity contribution in [3.63, 3.8) is 0 Å². The maximum absolute atomic E-state index is 14.7. The normalized spacial score (nSPS) is 31.6. The molecule has 0 bridgehead atoms. The van der Waals surface area contributed by atoms with Crippen LogP contribution < -0.4 is 4.90 Å². The van der Waals surface area contributed by atoms with Crippen LogP contribution in [0.1, 0.15) is 44.7 Å². The number of amides is 3. The number of para-hydroxylation sites is 1. The Morgan fingerprint density at radius 1 is 1.05 bits per heavy atom. The number of hydrogen-bond acceptors (Lipinski definition) is 5. The van der Waals surface area contributed by atoms with Crippen molar-refractivity contribution < 1.29 is 24.2 Å². The highest BCUT2D eigenvalue weighted by Crippen LogP contribution is 2.54. The first-order valence-corrected chi connectivity index (χ1v) is 14.3. The van der Waals surface area contributed by atoms with Crippen LogP contribution in [0.3, 0.4) is 0 Å². The highest BCUT2D eigenvalue weighted by Gasteiger charge is 2.72. The Balaban J connectivity index is 1.67. The number of aliphatic hydroxyl groups excluding tert-OH is 1. The van der Waals surface area contributed by atoms with Crippen LogP contribution in [-0.4, -0.2) is 82.7 Å². The molecule has 2 saturated heterocycles. The first-order valence-electron chi connectivity index (χ1n) is 14.3. The van der Waals surface area contributed by atoms with Gasteiger partial charge in [-0.15, -0.1) is 0 Å². The molecule has 4 aliphatic heterocycles. The third-order valence-electron chi connectivity index (χ3n) is 9.23. The Bertz CT molecular complexity index is 1190. The molecule has 0 aliphatic carbocycles. The topological polar surface area (TPSA) is 90.4 Å². The van der Waals surface area contributed by atoms with Gasteiger partial charge in [0.2, 0.25) is 11.8 Å². The summed E-state index contributed by atoms with van der Waals surface area (Å²) in [6.07, 6.45) is 8.55. The van der Waals surface area contributed by atoms with Crippen molar-refractivity contribution in [3.8, 4) is 0 Å². The molecule has 8 heteroatoms. The van der Waals surface area contributed by atoms with Crippen LogP contribution in [0.25, 0.3) is 0 Å². The zero-order chi connectivity index (χ0) is 28.1. The van der Waals surface area contributed by atoms with Crippen LogP contribution in [0.15, 0.2) is 42.5 Å². The van der Waals surface area contributed by atoms with E-state index < -0.39 is 35.6 Å². The molecule has 0 radical (unpaired) electrons. The van der Waals surface area contributed by atoms with Gasteiger partial charge in [0, 0.05) is 25.3 Å². The molecule has 7 atom stereocenters. The molecule has 1 unspecified atom stereocenters. The van der Waals surface area contributed by atoms with Gasteiger partial charge >= 0.3 is 0 Å². The standard InChI is InChI=1S/C31H41N3O5/c1-6-15-32-16-9-13-23-24(28(32)36)25-29(37)34(22(18-35)19(3)7-2)27-30(38)33(17-10-14-31(25,27)39-23)26-20(4)11-8-12-21(26)5/h8-14,19,22-25,27,35H,6-7,15-18H2,1-5H3/t19-,22-,23-,24+,25-,27?,31-/m0/s1. The third kappa shape index (κ3) is 4.14. The quantitative estimate of drug-likeness (QED) is 0.542. The van der Waals surface area contributed by atoms with Gasteiger partial charge in [0.1, 0.15) is 11.6 Å². The summed E-state index contributed by atoms with van der Waals surface area (Å²) in [5.41, 5.74) is 1.45. The summed E-state index contributed by atoms with van der Waals surface area (Å²) >= 11 is 0. The van der Waals surface area contributed by atoms with Crippen molar-refractivity contribution in [2.24, 2.45) is 17.8 Å². The summed E-state index contributed by atoms with van der Waals surface area (Å²) < 4.78 is 6.75. The molecule has 0 saturated carbocycles. The maximum atomic E-state index is 14.7. The van der Waals surface area contributed by atoms with Crippen molar-refractivity contribution in [2.45, 2.75) is 71.2 Å². The number of carbonyl (C=O) groups is 3. The number of hydrogen-bond donors (Lipinski definition) is 1. The largest absolute Gasteiger partial charge is 0.394 e. The molecule has 0 aromatic heterocycles. The van der Waals surface area contributed by atoms with Gasteiger partial charge in [-0.05, 0) is 37.3 Å². The average molecular weight is 536 g/mol. The fourth-order valence-corrected chi connectivity index (χ4v) is 7.20. The summed E-state index contributed by atoms with van der Waals surface area (Å²) in [6, 6.07) is 4.35. The number of aliphatic hydroxyl groups is 1.